The fourth-order valence-electron chi connectivity index (χ4n) is 3.06. The van der Waals surface area contributed by atoms with E-state index in [0.717, 1.165) is 10.2 Å². The number of halogens is 3. The third-order valence-electron chi connectivity index (χ3n) is 4.60. The third-order valence-corrected chi connectivity index (χ3v) is 5.96. The van der Waals surface area contributed by atoms with Gasteiger partial charge >= 0.3 is 6.18 Å². The minimum atomic E-state index is -4.74. The second-order valence-electron chi connectivity index (χ2n) is 7.38. The monoisotopic (exact) mass is 452 g/mol. The van der Waals surface area contributed by atoms with Gasteiger partial charge in [-0.25, -0.2) is 8.42 Å². The molecule has 0 saturated carbocycles. The Morgan fingerprint density at radius 1 is 1.03 bits per heavy atom. The van der Waals surface area contributed by atoms with Crippen LogP contribution >= 0.6 is 0 Å². The maximum Gasteiger partial charge on any atom is 0.433 e. The molecule has 1 heterocycles. The first kappa shape index (κ1) is 22.8. The van der Waals surface area contributed by atoms with E-state index < -0.39 is 21.9 Å². The summed E-state index contributed by atoms with van der Waals surface area (Å²) in [6.07, 6.45) is -4.74. The predicted octanol–water partition coefficient (Wildman–Crippen LogP) is 4.24. The maximum atomic E-state index is 14.1. The van der Waals surface area contributed by atoms with E-state index in [1.807, 2.05) is 6.92 Å². The second-order valence-corrected chi connectivity index (χ2v) is 9.06. The molecule has 0 bridgehead atoms. The number of nitrogens with one attached hydrogen (secondary N) is 1. The first-order valence-corrected chi connectivity index (χ1v) is 10.9. The van der Waals surface area contributed by atoms with Crippen molar-refractivity contribution in [3.63, 3.8) is 0 Å². The van der Waals surface area contributed by atoms with Gasteiger partial charge in [-0.2, -0.15) is 18.3 Å². The van der Waals surface area contributed by atoms with Crippen LogP contribution in [0.15, 0.2) is 59.5 Å². The summed E-state index contributed by atoms with van der Waals surface area (Å²) in [7, 11) is -0.670. The van der Waals surface area contributed by atoms with Gasteiger partial charge in [-0.3, -0.25) is 9.40 Å². The van der Waals surface area contributed by atoms with Crippen LogP contribution in [0.3, 0.4) is 0 Å². The lowest BCUT2D eigenvalue weighted by Crippen LogP contribution is -2.23. The largest absolute Gasteiger partial charge is 0.433 e. The van der Waals surface area contributed by atoms with Gasteiger partial charge in [0, 0.05) is 6.54 Å². The Balaban J connectivity index is 2.20. The molecule has 0 spiro atoms. The topological polar surface area (TPSA) is 67.2 Å². The first-order chi connectivity index (χ1) is 14.5. The van der Waals surface area contributed by atoms with E-state index >= 15 is 0 Å². The van der Waals surface area contributed by atoms with Gasteiger partial charge in [0.25, 0.3) is 10.0 Å². The molecule has 0 amide bonds. The maximum absolute atomic E-state index is 14.1. The van der Waals surface area contributed by atoms with Gasteiger partial charge in [0.15, 0.2) is 11.5 Å². The highest BCUT2D eigenvalue weighted by atomic mass is 32.2. The fraction of sp³-hybridized carbons (Fsp3) is 0.286. The highest BCUT2D eigenvalue weighted by Gasteiger charge is 2.41. The number of benzene rings is 2. The van der Waals surface area contributed by atoms with E-state index in [1.54, 1.807) is 37.2 Å². The fourth-order valence-corrected chi connectivity index (χ4v) is 4.09. The Hall–Kier alpha value is -2.85. The van der Waals surface area contributed by atoms with Crippen LogP contribution in [0.4, 0.5) is 19.0 Å². The Morgan fingerprint density at radius 2 is 1.65 bits per heavy atom. The summed E-state index contributed by atoms with van der Waals surface area (Å²) < 4.78 is 71.1. The van der Waals surface area contributed by atoms with Crippen molar-refractivity contribution in [3.05, 3.63) is 65.9 Å². The molecule has 0 aliphatic heterocycles. The van der Waals surface area contributed by atoms with Crippen molar-refractivity contribution >= 4 is 15.8 Å². The Labute approximate surface area is 179 Å². The molecule has 0 saturated heterocycles. The van der Waals surface area contributed by atoms with Crippen LogP contribution in [-0.4, -0.2) is 43.7 Å². The zero-order valence-corrected chi connectivity index (χ0v) is 18.1. The predicted molar refractivity (Wildman–Crippen MR) is 113 cm³/mol. The van der Waals surface area contributed by atoms with Crippen LogP contribution in [0.25, 0.3) is 11.1 Å². The second kappa shape index (κ2) is 8.72. The van der Waals surface area contributed by atoms with Crippen molar-refractivity contribution in [2.45, 2.75) is 24.5 Å². The molecule has 31 heavy (non-hydrogen) atoms. The Kier molecular flexibility index (Phi) is 6.42. The van der Waals surface area contributed by atoms with Crippen molar-refractivity contribution in [2.24, 2.45) is 0 Å². The van der Waals surface area contributed by atoms with E-state index in [0.29, 0.717) is 6.54 Å². The minimum Gasteiger partial charge on any atom is -0.308 e. The summed E-state index contributed by atoms with van der Waals surface area (Å²) in [6.45, 7) is 2.05. The van der Waals surface area contributed by atoms with Gasteiger partial charge in [0.05, 0.1) is 17.0 Å². The summed E-state index contributed by atoms with van der Waals surface area (Å²) >= 11 is 0. The average Bonchev–Trinajstić information content (AvgIpc) is 3.05. The smallest absolute Gasteiger partial charge is 0.308 e. The van der Waals surface area contributed by atoms with Crippen LogP contribution in [0.2, 0.25) is 0 Å². The number of hydrogen-bond acceptors (Lipinski definition) is 4. The molecule has 6 nitrogen and oxygen atoms in total. The molecular weight excluding hydrogens is 429 g/mol. The molecular formula is C21H23F3N4O2S. The van der Waals surface area contributed by atoms with Crippen molar-refractivity contribution < 1.29 is 21.6 Å². The van der Waals surface area contributed by atoms with E-state index in [9.17, 15) is 21.6 Å². The molecule has 0 aliphatic rings. The Morgan fingerprint density at radius 3 is 2.19 bits per heavy atom. The number of sulfonamides is 1. The first-order valence-electron chi connectivity index (χ1n) is 9.46. The van der Waals surface area contributed by atoms with Crippen molar-refractivity contribution in [1.29, 1.82) is 0 Å². The summed E-state index contributed by atoms with van der Waals surface area (Å²) in [5, 5.41) is 4.04. The molecule has 0 unspecified atom stereocenters. The van der Waals surface area contributed by atoms with Gasteiger partial charge in [-0.1, -0.05) is 48.0 Å². The Bertz CT molecular complexity index is 1140. The van der Waals surface area contributed by atoms with E-state index in [2.05, 4.69) is 9.82 Å². The number of alkyl halides is 3. The lowest BCUT2D eigenvalue weighted by Gasteiger charge is -2.15. The van der Waals surface area contributed by atoms with E-state index in [-0.39, 0.29) is 28.4 Å². The third kappa shape index (κ3) is 5.26. The number of likely N-dealkylation sites (N-methyl/N-ethyl adjacent to an activating group) is 1. The standard InChI is InChI=1S/C21H23F3N4O2S/c1-15-9-11-16(12-10-15)18-19(21(22,23)24)28(14-13-27(2)3)25-20(18)26-31(29,30)17-7-5-4-6-8-17/h4-12H,13-14H2,1-3H3,(H,25,26). The molecule has 2 aromatic carbocycles. The summed E-state index contributed by atoms with van der Waals surface area (Å²) in [6, 6.07) is 13.8. The van der Waals surface area contributed by atoms with E-state index in [1.165, 1.54) is 36.4 Å². The molecule has 0 atom stereocenters. The van der Waals surface area contributed by atoms with Crippen LogP contribution in [0, 0.1) is 6.92 Å². The lowest BCUT2D eigenvalue weighted by molar-refractivity contribution is -0.143. The van der Waals surface area contributed by atoms with Gasteiger partial charge in [0.2, 0.25) is 0 Å². The van der Waals surface area contributed by atoms with Crippen LogP contribution < -0.4 is 4.72 Å². The molecule has 10 heteroatoms. The van der Waals surface area contributed by atoms with Crippen LogP contribution in [0.1, 0.15) is 11.3 Å². The number of aromatic nitrogens is 2. The summed E-state index contributed by atoms with van der Waals surface area (Å²) in [4.78, 5) is 1.66. The van der Waals surface area contributed by atoms with Gasteiger partial charge < -0.3 is 4.90 Å². The van der Waals surface area contributed by atoms with Crippen LogP contribution in [-0.2, 0) is 22.7 Å². The lowest BCUT2D eigenvalue weighted by atomic mass is 10.0. The zero-order chi connectivity index (χ0) is 22.8. The molecule has 166 valence electrons. The van der Waals surface area contributed by atoms with Gasteiger partial charge in [0.1, 0.15) is 0 Å². The molecule has 0 aliphatic carbocycles. The molecule has 3 aromatic rings. The number of rotatable bonds is 7. The molecule has 0 fully saturated rings. The van der Waals surface area contributed by atoms with Crippen molar-refractivity contribution in [3.8, 4) is 11.1 Å². The zero-order valence-electron chi connectivity index (χ0n) is 17.3. The summed E-state index contributed by atoms with van der Waals surface area (Å²) in [5.41, 5.74) is -0.210. The summed E-state index contributed by atoms with van der Waals surface area (Å²) in [5.74, 6) is -0.362. The SMILES string of the molecule is Cc1ccc(-c2c(NS(=O)(=O)c3ccccc3)nn(CCN(C)C)c2C(F)(F)F)cc1. The van der Waals surface area contributed by atoms with E-state index in [4.69, 9.17) is 0 Å². The quantitative estimate of drug-likeness (QED) is 0.582. The minimum absolute atomic E-state index is 0.0617. The highest BCUT2D eigenvalue weighted by Crippen LogP contribution is 2.42. The molecule has 1 aromatic heterocycles. The van der Waals surface area contributed by atoms with Crippen molar-refractivity contribution in [1.82, 2.24) is 14.7 Å². The molecule has 0 radical (unpaired) electrons. The number of hydrogen-bond donors (Lipinski definition) is 1. The number of anilines is 1. The highest BCUT2D eigenvalue weighted by molar-refractivity contribution is 7.92. The molecule has 3 rings (SSSR count). The molecule has 1 N–H and O–H groups in total. The van der Waals surface area contributed by atoms with Crippen LogP contribution in [0.5, 0.6) is 0 Å². The van der Waals surface area contributed by atoms with Gasteiger partial charge in [-0.05, 0) is 38.7 Å². The number of aryl methyl sites for hydroxylation is 1. The average molecular weight is 453 g/mol. The number of nitrogens with zero attached hydrogens (tertiary/aromatic N) is 3. The van der Waals surface area contributed by atoms with Gasteiger partial charge in [-0.15, -0.1) is 0 Å². The van der Waals surface area contributed by atoms with Crippen molar-refractivity contribution in [2.75, 3.05) is 25.4 Å². The normalized spacial score (nSPS) is 12.4.